The number of rotatable bonds is 7. The van der Waals surface area contributed by atoms with E-state index >= 15 is 0 Å². The van der Waals surface area contributed by atoms with Crippen LogP contribution in [-0.2, 0) is 29.8 Å². The third kappa shape index (κ3) is 4.59. The molecule has 0 fully saturated rings. The Hall–Kier alpha value is -3.39. The van der Waals surface area contributed by atoms with Crippen LogP contribution in [0.2, 0.25) is 0 Å². The molecule has 5 N–H and O–H groups in total. The number of nitrogens with one attached hydrogen (secondary N) is 2. The number of amidine groups is 1. The minimum absolute atomic E-state index is 0.0793. The van der Waals surface area contributed by atoms with Crippen LogP contribution < -0.4 is 10.0 Å². The molecule has 0 radical (unpaired) electrons. The van der Waals surface area contributed by atoms with Crippen molar-refractivity contribution in [2.75, 3.05) is 23.4 Å². The standard InChI is InChI=1S/C24H27N3O8S2/c1-4-5-12-24(23(30)35-2)16-9-7-6-8-15(16)20(28)19(21(24)29)22-25-17-11-10-14(26-36(3,31)32)13-18(17)37(33,34)27-22/h6-11,13,26,28,33-34H,4-5,12H2,1-3H3,(H,25,27). The van der Waals surface area contributed by atoms with Gasteiger partial charge >= 0.3 is 5.97 Å². The Balaban J connectivity index is 1.90. The molecule has 1 unspecified atom stereocenters. The summed E-state index contributed by atoms with van der Waals surface area (Å²) in [5.41, 5.74) is -1.44. The number of carbonyl (C=O) groups is 2. The number of nitrogens with zero attached hydrogens (tertiary/aromatic N) is 1. The van der Waals surface area contributed by atoms with Crippen LogP contribution in [0.1, 0.15) is 37.3 Å². The zero-order valence-corrected chi connectivity index (χ0v) is 21.9. The molecule has 0 saturated heterocycles. The number of ether oxygens (including phenoxy) is 1. The number of hydrogen-bond acceptors (Lipinski definition) is 10. The Labute approximate surface area is 215 Å². The quantitative estimate of drug-likeness (QED) is 0.252. The van der Waals surface area contributed by atoms with Gasteiger partial charge in [-0.25, -0.2) is 8.42 Å². The molecule has 11 nitrogen and oxygen atoms in total. The zero-order chi connectivity index (χ0) is 27.2. The van der Waals surface area contributed by atoms with Gasteiger partial charge in [-0.2, -0.15) is 0 Å². The molecule has 1 aliphatic carbocycles. The number of methoxy groups -OCH3 is 1. The number of esters is 1. The summed E-state index contributed by atoms with van der Waals surface area (Å²) in [6, 6.07) is 10.4. The van der Waals surface area contributed by atoms with Crippen molar-refractivity contribution >= 4 is 55.5 Å². The third-order valence-electron chi connectivity index (χ3n) is 6.22. The Bertz CT molecular complexity index is 1470. The predicted molar refractivity (Wildman–Crippen MR) is 141 cm³/mol. The molecule has 13 heteroatoms. The molecular formula is C24H27N3O8S2. The largest absolute Gasteiger partial charge is 0.506 e. The van der Waals surface area contributed by atoms with Gasteiger partial charge in [0.15, 0.2) is 17.0 Å². The maximum absolute atomic E-state index is 14.1. The van der Waals surface area contributed by atoms with Crippen LogP contribution in [-0.4, -0.2) is 53.6 Å². The van der Waals surface area contributed by atoms with Crippen LogP contribution in [0.15, 0.2) is 57.3 Å². The van der Waals surface area contributed by atoms with Crippen molar-refractivity contribution in [3.8, 4) is 0 Å². The summed E-state index contributed by atoms with van der Waals surface area (Å²) in [4.78, 5) is 27.2. The van der Waals surface area contributed by atoms with Crippen LogP contribution >= 0.6 is 10.8 Å². The summed E-state index contributed by atoms with van der Waals surface area (Å²) in [6.45, 7) is 1.91. The fourth-order valence-corrected chi connectivity index (χ4v) is 6.34. The van der Waals surface area contributed by atoms with Crippen molar-refractivity contribution in [3.05, 3.63) is 59.2 Å². The van der Waals surface area contributed by atoms with E-state index in [0.717, 1.165) is 6.26 Å². The molecule has 1 atom stereocenters. The number of hydrogen-bond donors (Lipinski definition) is 5. The number of aliphatic hydroxyl groups is 1. The first-order valence-electron chi connectivity index (χ1n) is 11.3. The summed E-state index contributed by atoms with van der Waals surface area (Å²) in [7, 11) is -6.40. The van der Waals surface area contributed by atoms with Crippen LogP contribution in [0.4, 0.5) is 11.4 Å². The Kier molecular flexibility index (Phi) is 6.84. The van der Waals surface area contributed by atoms with Gasteiger partial charge in [0, 0.05) is 5.56 Å². The summed E-state index contributed by atoms with van der Waals surface area (Å²) >= 11 is 0. The van der Waals surface area contributed by atoms with Gasteiger partial charge < -0.3 is 15.2 Å². The highest BCUT2D eigenvalue weighted by Gasteiger charge is 2.55. The van der Waals surface area contributed by atoms with Gasteiger partial charge in [-0.05, 0) is 30.2 Å². The molecule has 1 heterocycles. The average molecular weight is 550 g/mol. The second-order valence-corrected chi connectivity index (χ2v) is 12.2. The molecule has 0 amide bonds. The highest BCUT2D eigenvalue weighted by Crippen LogP contribution is 2.57. The van der Waals surface area contributed by atoms with E-state index in [1.807, 2.05) is 6.92 Å². The molecule has 1 aliphatic heterocycles. The first-order valence-corrected chi connectivity index (χ1v) is 14.7. The second-order valence-electron chi connectivity index (χ2n) is 8.77. The fourth-order valence-electron chi connectivity index (χ4n) is 4.59. The van der Waals surface area contributed by atoms with Crippen LogP contribution in [0.5, 0.6) is 0 Å². The van der Waals surface area contributed by atoms with Gasteiger partial charge in [-0.3, -0.25) is 23.4 Å². The molecule has 2 aromatic carbocycles. The summed E-state index contributed by atoms with van der Waals surface area (Å²) in [5.74, 6) is -2.40. The van der Waals surface area contributed by atoms with Crippen LogP contribution in [0.3, 0.4) is 0 Å². The number of sulfonamides is 1. The van der Waals surface area contributed by atoms with Crippen LogP contribution in [0, 0.1) is 0 Å². The number of ketones is 1. The highest BCUT2D eigenvalue weighted by molar-refractivity contribution is 8.23. The molecule has 2 aromatic rings. The van der Waals surface area contributed by atoms with Crippen molar-refractivity contribution < 1.29 is 37.0 Å². The summed E-state index contributed by atoms with van der Waals surface area (Å²) < 4.78 is 56.2. The van der Waals surface area contributed by atoms with Crippen molar-refractivity contribution in [2.24, 2.45) is 4.40 Å². The topological polar surface area (TPSA) is 175 Å². The molecular weight excluding hydrogens is 522 g/mol. The molecule has 0 spiro atoms. The predicted octanol–water partition coefficient (Wildman–Crippen LogP) is 4.06. The number of unbranched alkanes of at least 4 members (excludes halogenated alkanes) is 1. The normalized spacial score (nSPS) is 21.2. The van der Waals surface area contributed by atoms with Gasteiger partial charge in [0.1, 0.15) is 16.2 Å². The molecule has 4 rings (SSSR count). The van der Waals surface area contributed by atoms with Crippen molar-refractivity contribution in [1.82, 2.24) is 0 Å². The highest BCUT2D eigenvalue weighted by atomic mass is 32.3. The van der Waals surface area contributed by atoms with E-state index in [-0.39, 0.29) is 39.7 Å². The smallest absolute Gasteiger partial charge is 0.324 e. The van der Waals surface area contributed by atoms with Crippen molar-refractivity contribution in [3.63, 3.8) is 0 Å². The van der Waals surface area contributed by atoms with E-state index < -0.39 is 43.7 Å². The maximum atomic E-state index is 14.1. The van der Waals surface area contributed by atoms with E-state index in [9.17, 15) is 32.2 Å². The number of benzene rings is 2. The summed E-state index contributed by atoms with van der Waals surface area (Å²) in [6.07, 6.45) is 2.23. The zero-order valence-electron chi connectivity index (χ0n) is 20.3. The van der Waals surface area contributed by atoms with Gasteiger partial charge in [0.2, 0.25) is 10.0 Å². The number of Topliss-reactive ketones (excluding diaryl/α,β-unsaturated/α-hetero) is 1. The van der Waals surface area contributed by atoms with Crippen molar-refractivity contribution in [1.29, 1.82) is 0 Å². The van der Waals surface area contributed by atoms with E-state index in [1.165, 1.54) is 25.3 Å². The first-order chi connectivity index (χ1) is 17.4. The number of anilines is 2. The van der Waals surface area contributed by atoms with Gasteiger partial charge in [-0.15, -0.1) is 4.40 Å². The lowest BCUT2D eigenvalue weighted by Gasteiger charge is -2.39. The van der Waals surface area contributed by atoms with Gasteiger partial charge in [-0.1, -0.05) is 54.8 Å². The maximum Gasteiger partial charge on any atom is 0.324 e. The Morgan fingerprint density at radius 2 is 1.92 bits per heavy atom. The monoisotopic (exact) mass is 549 g/mol. The molecule has 0 aromatic heterocycles. The lowest BCUT2D eigenvalue weighted by atomic mass is 9.65. The number of aliphatic hydroxyl groups excluding tert-OH is 1. The van der Waals surface area contributed by atoms with E-state index in [0.29, 0.717) is 18.4 Å². The molecule has 0 bridgehead atoms. The van der Waals surface area contributed by atoms with Gasteiger partial charge in [0.25, 0.3) is 0 Å². The van der Waals surface area contributed by atoms with E-state index in [4.69, 9.17) is 4.74 Å². The number of carbonyl (C=O) groups excluding carboxylic acids is 2. The SMILES string of the molecule is CCCCC1(C(=O)OC)C(=O)C(C2=NS(O)(O)c3cc(NS(C)(=O)=O)ccc3N2)=C(O)c2ccccc21. The lowest BCUT2D eigenvalue weighted by Crippen LogP contribution is -2.50. The molecule has 37 heavy (non-hydrogen) atoms. The minimum atomic E-state index is -3.95. The molecule has 2 aliphatic rings. The van der Waals surface area contributed by atoms with E-state index in [2.05, 4.69) is 14.4 Å². The van der Waals surface area contributed by atoms with E-state index in [1.54, 1.807) is 24.3 Å². The molecule has 0 saturated carbocycles. The van der Waals surface area contributed by atoms with Crippen molar-refractivity contribution in [2.45, 2.75) is 36.5 Å². The first kappa shape index (κ1) is 26.7. The Morgan fingerprint density at radius 3 is 2.57 bits per heavy atom. The summed E-state index contributed by atoms with van der Waals surface area (Å²) in [5, 5.41) is 14.0. The Morgan fingerprint density at radius 1 is 1.22 bits per heavy atom. The number of fused-ring (bicyclic) bond motifs is 2. The third-order valence-corrected chi connectivity index (χ3v) is 8.19. The molecule has 198 valence electrons. The lowest BCUT2D eigenvalue weighted by molar-refractivity contribution is -0.151. The fraction of sp³-hybridized carbons (Fsp3) is 0.292. The van der Waals surface area contributed by atoms with Crippen LogP contribution in [0.25, 0.3) is 5.76 Å². The van der Waals surface area contributed by atoms with Gasteiger partial charge in [0.05, 0.1) is 24.7 Å². The minimum Gasteiger partial charge on any atom is -0.506 e. The second kappa shape index (κ2) is 9.49. The average Bonchev–Trinajstić information content (AvgIpc) is 2.83.